The number of anilines is 1. The number of rotatable bonds is 5. The Morgan fingerprint density at radius 1 is 1.26 bits per heavy atom. The van der Waals surface area contributed by atoms with Crippen LogP contribution in [0.15, 0.2) is 36.5 Å². The SMILES string of the molecule is CN(C)CCNc1c2cccnc2nc2cccc([N+](=O)[O-])c12. The summed E-state index contributed by atoms with van der Waals surface area (Å²) in [6.45, 7) is 1.48. The summed E-state index contributed by atoms with van der Waals surface area (Å²) in [7, 11) is 3.96. The number of aromatic nitrogens is 2. The summed E-state index contributed by atoms with van der Waals surface area (Å²) in [5.41, 5.74) is 1.91. The molecule has 0 amide bonds. The molecular formula is C16H17N5O2. The summed E-state index contributed by atoms with van der Waals surface area (Å²) < 4.78 is 0. The number of non-ortho nitro benzene ring substituents is 1. The van der Waals surface area contributed by atoms with Crippen molar-refractivity contribution in [2.24, 2.45) is 0 Å². The highest BCUT2D eigenvalue weighted by Gasteiger charge is 2.19. The van der Waals surface area contributed by atoms with Crippen molar-refractivity contribution in [1.29, 1.82) is 0 Å². The van der Waals surface area contributed by atoms with Crippen LogP contribution in [0.4, 0.5) is 11.4 Å². The molecular weight excluding hydrogens is 294 g/mol. The molecule has 0 saturated carbocycles. The van der Waals surface area contributed by atoms with Crippen molar-refractivity contribution in [2.45, 2.75) is 0 Å². The fraction of sp³-hybridized carbons (Fsp3) is 0.250. The maximum atomic E-state index is 11.4. The Kier molecular flexibility index (Phi) is 4.03. The second kappa shape index (κ2) is 6.13. The van der Waals surface area contributed by atoms with E-state index in [1.165, 1.54) is 6.07 Å². The second-order valence-electron chi connectivity index (χ2n) is 5.52. The van der Waals surface area contributed by atoms with E-state index in [0.29, 0.717) is 28.8 Å². The molecule has 0 atom stereocenters. The topological polar surface area (TPSA) is 84.2 Å². The number of nitrogens with zero attached hydrogens (tertiary/aromatic N) is 4. The van der Waals surface area contributed by atoms with Gasteiger partial charge in [0.15, 0.2) is 5.65 Å². The van der Waals surface area contributed by atoms with Gasteiger partial charge in [-0.2, -0.15) is 0 Å². The van der Waals surface area contributed by atoms with Crippen LogP contribution in [0.1, 0.15) is 0 Å². The summed E-state index contributed by atoms with van der Waals surface area (Å²) in [6.07, 6.45) is 1.67. The van der Waals surface area contributed by atoms with E-state index in [-0.39, 0.29) is 10.6 Å². The van der Waals surface area contributed by atoms with Gasteiger partial charge in [-0.3, -0.25) is 10.1 Å². The Labute approximate surface area is 133 Å². The minimum absolute atomic E-state index is 0.0492. The maximum absolute atomic E-state index is 11.4. The largest absolute Gasteiger partial charge is 0.382 e. The molecule has 7 nitrogen and oxygen atoms in total. The van der Waals surface area contributed by atoms with E-state index >= 15 is 0 Å². The van der Waals surface area contributed by atoms with E-state index < -0.39 is 0 Å². The predicted molar refractivity (Wildman–Crippen MR) is 90.7 cm³/mol. The van der Waals surface area contributed by atoms with E-state index in [2.05, 4.69) is 15.3 Å². The number of fused-ring (bicyclic) bond motifs is 2. The molecule has 1 N–H and O–H groups in total. The smallest absolute Gasteiger partial charge is 0.280 e. The number of benzene rings is 1. The highest BCUT2D eigenvalue weighted by Crippen LogP contribution is 2.35. The third kappa shape index (κ3) is 2.91. The summed E-state index contributed by atoms with van der Waals surface area (Å²) in [5.74, 6) is 0. The Balaban J connectivity index is 2.26. The molecule has 0 aliphatic rings. The number of likely N-dealkylation sites (N-methyl/N-ethyl adjacent to an activating group) is 1. The lowest BCUT2D eigenvalue weighted by atomic mass is 10.1. The summed E-state index contributed by atoms with van der Waals surface area (Å²) in [6, 6.07) is 8.61. The van der Waals surface area contributed by atoms with Crippen molar-refractivity contribution in [2.75, 3.05) is 32.5 Å². The number of pyridine rings is 2. The van der Waals surface area contributed by atoms with Crippen LogP contribution in [-0.4, -0.2) is 47.0 Å². The summed E-state index contributed by atoms with van der Waals surface area (Å²) >= 11 is 0. The molecule has 2 aromatic heterocycles. The van der Waals surface area contributed by atoms with Gasteiger partial charge in [0.05, 0.1) is 16.1 Å². The van der Waals surface area contributed by atoms with Gasteiger partial charge in [0.2, 0.25) is 0 Å². The van der Waals surface area contributed by atoms with Gasteiger partial charge < -0.3 is 10.2 Å². The Morgan fingerprint density at radius 2 is 2.09 bits per heavy atom. The molecule has 0 aliphatic carbocycles. The van der Waals surface area contributed by atoms with Crippen molar-refractivity contribution in [3.05, 3.63) is 46.6 Å². The molecule has 0 radical (unpaired) electrons. The van der Waals surface area contributed by atoms with E-state index in [1.54, 1.807) is 18.3 Å². The quantitative estimate of drug-likeness (QED) is 0.443. The molecule has 118 valence electrons. The van der Waals surface area contributed by atoms with Crippen molar-refractivity contribution in [1.82, 2.24) is 14.9 Å². The Bertz CT molecular complexity index is 879. The first-order valence-corrected chi connectivity index (χ1v) is 7.28. The monoisotopic (exact) mass is 311 g/mol. The van der Waals surface area contributed by atoms with Gasteiger partial charge in [-0.25, -0.2) is 9.97 Å². The first-order chi connectivity index (χ1) is 11.1. The average molecular weight is 311 g/mol. The molecule has 0 aliphatic heterocycles. The molecule has 0 unspecified atom stereocenters. The Hall–Kier alpha value is -2.80. The molecule has 0 spiro atoms. The molecule has 23 heavy (non-hydrogen) atoms. The van der Waals surface area contributed by atoms with Gasteiger partial charge in [0.25, 0.3) is 5.69 Å². The average Bonchev–Trinajstić information content (AvgIpc) is 2.53. The number of nitro benzene ring substituents is 1. The lowest BCUT2D eigenvalue weighted by molar-refractivity contribution is -0.383. The molecule has 3 rings (SSSR count). The maximum Gasteiger partial charge on any atom is 0.280 e. The van der Waals surface area contributed by atoms with Gasteiger partial charge >= 0.3 is 0 Å². The number of nitrogens with one attached hydrogen (secondary N) is 1. The molecule has 7 heteroatoms. The van der Waals surface area contributed by atoms with Crippen molar-refractivity contribution in [3.63, 3.8) is 0 Å². The van der Waals surface area contributed by atoms with E-state index in [9.17, 15) is 10.1 Å². The van der Waals surface area contributed by atoms with Gasteiger partial charge in [-0.05, 0) is 32.3 Å². The normalized spacial score (nSPS) is 11.3. The van der Waals surface area contributed by atoms with E-state index in [0.717, 1.165) is 11.9 Å². The van der Waals surface area contributed by atoms with Crippen molar-refractivity contribution >= 4 is 33.3 Å². The lowest BCUT2D eigenvalue weighted by Gasteiger charge is -2.15. The molecule has 0 fully saturated rings. The fourth-order valence-corrected chi connectivity index (χ4v) is 2.55. The first-order valence-electron chi connectivity index (χ1n) is 7.28. The highest BCUT2D eigenvalue weighted by atomic mass is 16.6. The minimum Gasteiger partial charge on any atom is -0.382 e. The molecule has 1 aromatic carbocycles. The standard InChI is InChI=1S/C16H17N5O2/c1-20(2)10-9-17-15-11-5-4-8-18-16(11)19-12-6-3-7-13(14(12)15)21(22)23/h3-8H,9-10H2,1-2H3,(H,17,18,19). The van der Waals surface area contributed by atoms with Crippen LogP contribution >= 0.6 is 0 Å². The molecule has 2 heterocycles. The highest BCUT2D eigenvalue weighted by molar-refractivity contribution is 6.10. The minimum atomic E-state index is -0.372. The van der Waals surface area contributed by atoms with Crippen LogP contribution in [0, 0.1) is 10.1 Å². The zero-order valence-electron chi connectivity index (χ0n) is 13.0. The zero-order chi connectivity index (χ0) is 16.4. The van der Waals surface area contributed by atoms with Crippen LogP contribution < -0.4 is 5.32 Å². The van der Waals surface area contributed by atoms with Crippen LogP contribution in [0.2, 0.25) is 0 Å². The van der Waals surface area contributed by atoms with Crippen LogP contribution in [0.5, 0.6) is 0 Å². The lowest BCUT2D eigenvalue weighted by Crippen LogP contribution is -2.21. The van der Waals surface area contributed by atoms with Crippen molar-refractivity contribution in [3.8, 4) is 0 Å². The second-order valence-corrected chi connectivity index (χ2v) is 5.52. The molecule has 0 bridgehead atoms. The number of hydrogen-bond donors (Lipinski definition) is 1. The zero-order valence-corrected chi connectivity index (χ0v) is 13.0. The van der Waals surface area contributed by atoms with Crippen molar-refractivity contribution < 1.29 is 4.92 Å². The summed E-state index contributed by atoms with van der Waals surface area (Å²) in [5, 5.41) is 16.1. The predicted octanol–water partition coefficient (Wildman–Crippen LogP) is 2.66. The molecule has 0 saturated heterocycles. The third-order valence-electron chi connectivity index (χ3n) is 3.61. The van der Waals surface area contributed by atoms with Crippen LogP contribution in [-0.2, 0) is 0 Å². The van der Waals surface area contributed by atoms with Crippen LogP contribution in [0.3, 0.4) is 0 Å². The van der Waals surface area contributed by atoms with E-state index in [4.69, 9.17) is 0 Å². The van der Waals surface area contributed by atoms with Gasteiger partial charge in [-0.15, -0.1) is 0 Å². The number of nitro groups is 1. The first kappa shape index (κ1) is 15.1. The van der Waals surface area contributed by atoms with Gasteiger partial charge in [-0.1, -0.05) is 6.07 Å². The van der Waals surface area contributed by atoms with E-state index in [1.807, 2.05) is 31.1 Å². The molecule has 3 aromatic rings. The van der Waals surface area contributed by atoms with Gasteiger partial charge in [0, 0.05) is 30.7 Å². The number of hydrogen-bond acceptors (Lipinski definition) is 6. The summed E-state index contributed by atoms with van der Waals surface area (Å²) in [4.78, 5) is 21.8. The fourth-order valence-electron chi connectivity index (χ4n) is 2.55. The third-order valence-corrected chi connectivity index (χ3v) is 3.61. The van der Waals surface area contributed by atoms with Gasteiger partial charge in [0.1, 0.15) is 5.39 Å². The van der Waals surface area contributed by atoms with Crippen LogP contribution in [0.25, 0.3) is 21.9 Å². The Morgan fingerprint density at radius 3 is 2.83 bits per heavy atom.